The van der Waals surface area contributed by atoms with E-state index in [1.54, 1.807) is 0 Å². The van der Waals surface area contributed by atoms with Crippen molar-refractivity contribution in [3.05, 3.63) is 47.0 Å². The molecule has 0 radical (unpaired) electrons. The maximum absolute atomic E-state index is 5.94. The Labute approximate surface area is 77.8 Å². The lowest BCUT2D eigenvalue weighted by atomic mass is 10.0. The van der Waals surface area contributed by atoms with Gasteiger partial charge in [-0.25, -0.2) is 0 Å². The molecule has 0 bridgehead atoms. The topological polar surface area (TPSA) is 26.0 Å². The lowest BCUT2D eigenvalue weighted by molar-refractivity contribution is 0.851. The summed E-state index contributed by atoms with van der Waals surface area (Å²) in [6.07, 6.45) is 0. The molecule has 0 aromatic heterocycles. The molecule has 0 aliphatic rings. The molecule has 0 amide bonds. The van der Waals surface area contributed by atoms with Crippen LogP contribution in [-0.2, 0) is 0 Å². The van der Waals surface area contributed by atoms with Gasteiger partial charge < -0.3 is 5.73 Å². The van der Waals surface area contributed by atoms with Gasteiger partial charge in [0.15, 0.2) is 0 Å². The highest BCUT2D eigenvalue weighted by molar-refractivity contribution is 6.31. The first-order chi connectivity index (χ1) is 5.63. The van der Waals surface area contributed by atoms with E-state index < -0.39 is 0 Å². The van der Waals surface area contributed by atoms with E-state index in [1.807, 2.05) is 31.2 Å². The van der Waals surface area contributed by atoms with Crippen molar-refractivity contribution in [1.82, 2.24) is 0 Å². The zero-order chi connectivity index (χ0) is 9.14. The quantitative estimate of drug-likeness (QED) is 0.698. The van der Waals surface area contributed by atoms with Crippen LogP contribution in [0.1, 0.15) is 18.5 Å². The average Bonchev–Trinajstić information content (AvgIpc) is 2.04. The van der Waals surface area contributed by atoms with Gasteiger partial charge in [0.25, 0.3) is 0 Å². The molecule has 1 nitrogen and oxygen atoms in total. The number of hydrogen-bond acceptors (Lipinski definition) is 1. The van der Waals surface area contributed by atoms with E-state index in [9.17, 15) is 0 Å². The lowest BCUT2D eigenvalue weighted by Gasteiger charge is -2.12. The van der Waals surface area contributed by atoms with Gasteiger partial charge in [-0.2, -0.15) is 0 Å². The molecule has 0 saturated heterocycles. The summed E-state index contributed by atoms with van der Waals surface area (Å²) in [5.41, 5.74) is 7.71. The molecule has 0 spiro atoms. The van der Waals surface area contributed by atoms with Crippen LogP contribution in [0.3, 0.4) is 0 Å². The molecule has 1 aromatic rings. The molecule has 1 atom stereocenters. The van der Waals surface area contributed by atoms with Gasteiger partial charge in [-0.1, -0.05) is 42.0 Å². The van der Waals surface area contributed by atoms with Gasteiger partial charge in [-0.3, -0.25) is 0 Å². The standard InChI is InChI=1S/C10H12ClN/c1-7(2)10(12)8-5-3-4-6-9(8)11/h3-6,10H,1,12H2,2H3. The first kappa shape index (κ1) is 9.30. The highest BCUT2D eigenvalue weighted by Crippen LogP contribution is 2.24. The Morgan fingerprint density at radius 3 is 2.58 bits per heavy atom. The third-order valence-corrected chi connectivity index (χ3v) is 2.12. The number of nitrogens with two attached hydrogens (primary N) is 1. The summed E-state index contributed by atoms with van der Waals surface area (Å²) in [4.78, 5) is 0. The molecule has 0 aliphatic heterocycles. The van der Waals surface area contributed by atoms with Gasteiger partial charge in [0.05, 0.1) is 6.04 Å². The van der Waals surface area contributed by atoms with Crippen LogP contribution < -0.4 is 5.73 Å². The second-order valence-electron chi connectivity index (χ2n) is 2.85. The second-order valence-corrected chi connectivity index (χ2v) is 3.25. The molecule has 0 heterocycles. The van der Waals surface area contributed by atoms with Gasteiger partial charge in [-0.05, 0) is 18.6 Å². The van der Waals surface area contributed by atoms with Crippen LogP contribution in [-0.4, -0.2) is 0 Å². The highest BCUT2D eigenvalue weighted by atomic mass is 35.5. The number of benzene rings is 1. The van der Waals surface area contributed by atoms with Crippen LogP contribution >= 0.6 is 11.6 Å². The second kappa shape index (κ2) is 3.74. The summed E-state index contributed by atoms with van der Waals surface area (Å²) >= 11 is 5.94. The summed E-state index contributed by atoms with van der Waals surface area (Å²) in [5.74, 6) is 0. The Morgan fingerprint density at radius 1 is 1.50 bits per heavy atom. The fraction of sp³-hybridized carbons (Fsp3) is 0.200. The van der Waals surface area contributed by atoms with Gasteiger partial charge >= 0.3 is 0 Å². The predicted octanol–water partition coefficient (Wildman–Crippen LogP) is 2.92. The normalized spacial score (nSPS) is 12.6. The SMILES string of the molecule is C=C(C)C(N)c1ccccc1Cl. The maximum atomic E-state index is 5.94. The fourth-order valence-corrected chi connectivity index (χ4v) is 1.25. The molecule has 2 N–H and O–H groups in total. The molecule has 2 heteroatoms. The number of hydrogen-bond donors (Lipinski definition) is 1. The minimum Gasteiger partial charge on any atom is -0.321 e. The van der Waals surface area contributed by atoms with Crippen LogP contribution in [0.25, 0.3) is 0 Å². The Hall–Kier alpha value is -0.790. The molecule has 0 aliphatic carbocycles. The summed E-state index contributed by atoms with van der Waals surface area (Å²) in [6.45, 7) is 5.69. The van der Waals surface area contributed by atoms with E-state index in [0.29, 0.717) is 5.02 Å². The smallest absolute Gasteiger partial charge is 0.0520 e. The minimum absolute atomic E-state index is 0.154. The van der Waals surface area contributed by atoms with Crippen LogP contribution in [0.5, 0.6) is 0 Å². The zero-order valence-corrected chi connectivity index (χ0v) is 7.81. The summed E-state index contributed by atoms with van der Waals surface area (Å²) < 4.78 is 0. The molecule has 12 heavy (non-hydrogen) atoms. The van der Waals surface area contributed by atoms with Gasteiger partial charge in [-0.15, -0.1) is 0 Å². The van der Waals surface area contributed by atoms with E-state index in [2.05, 4.69) is 6.58 Å². The first-order valence-corrected chi connectivity index (χ1v) is 4.16. The zero-order valence-electron chi connectivity index (χ0n) is 7.05. The van der Waals surface area contributed by atoms with Crippen molar-refractivity contribution >= 4 is 11.6 Å². The van der Waals surface area contributed by atoms with Crippen LogP contribution in [0, 0.1) is 0 Å². The molecule has 0 fully saturated rings. The molecular formula is C10H12ClN. The molecule has 1 unspecified atom stereocenters. The average molecular weight is 182 g/mol. The minimum atomic E-state index is -0.154. The third-order valence-electron chi connectivity index (χ3n) is 1.77. The van der Waals surface area contributed by atoms with Crippen molar-refractivity contribution in [2.45, 2.75) is 13.0 Å². The van der Waals surface area contributed by atoms with Gasteiger partial charge in [0.2, 0.25) is 0 Å². The Balaban J connectivity index is 3.02. The highest BCUT2D eigenvalue weighted by Gasteiger charge is 2.08. The molecule has 0 saturated carbocycles. The van der Waals surface area contributed by atoms with Crippen molar-refractivity contribution in [2.75, 3.05) is 0 Å². The van der Waals surface area contributed by atoms with Crippen LogP contribution in [0.4, 0.5) is 0 Å². The van der Waals surface area contributed by atoms with Crippen molar-refractivity contribution in [3.63, 3.8) is 0 Å². The fourth-order valence-electron chi connectivity index (χ4n) is 0.993. The van der Waals surface area contributed by atoms with E-state index in [0.717, 1.165) is 11.1 Å². The van der Waals surface area contributed by atoms with Crippen LogP contribution in [0.2, 0.25) is 5.02 Å². The van der Waals surface area contributed by atoms with E-state index in [-0.39, 0.29) is 6.04 Å². The first-order valence-electron chi connectivity index (χ1n) is 3.78. The lowest BCUT2D eigenvalue weighted by Crippen LogP contribution is -2.11. The molecule has 1 aromatic carbocycles. The number of halogens is 1. The summed E-state index contributed by atoms with van der Waals surface area (Å²) in [6, 6.07) is 7.40. The largest absolute Gasteiger partial charge is 0.321 e. The van der Waals surface area contributed by atoms with Gasteiger partial charge in [0.1, 0.15) is 0 Å². The monoisotopic (exact) mass is 181 g/mol. The number of rotatable bonds is 2. The Morgan fingerprint density at radius 2 is 2.08 bits per heavy atom. The van der Waals surface area contributed by atoms with Crippen molar-refractivity contribution < 1.29 is 0 Å². The molecule has 64 valence electrons. The summed E-state index contributed by atoms with van der Waals surface area (Å²) in [7, 11) is 0. The molecular weight excluding hydrogens is 170 g/mol. The van der Waals surface area contributed by atoms with E-state index in [1.165, 1.54) is 0 Å². The summed E-state index contributed by atoms with van der Waals surface area (Å²) in [5, 5.41) is 0.702. The van der Waals surface area contributed by atoms with E-state index >= 15 is 0 Å². The van der Waals surface area contributed by atoms with Crippen molar-refractivity contribution in [1.29, 1.82) is 0 Å². The Kier molecular flexibility index (Phi) is 2.90. The molecule has 1 rings (SSSR count). The van der Waals surface area contributed by atoms with Crippen molar-refractivity contribution in [2.24, 2.45) is 5.73 Å². The maximum Gasteiger partial charge on any atom is 0.0520 e. The predicted molar refractivity (Wildman–Crippen MR) is 53.2 cm³/mol. The van der Waals surface area contributed by atoms with Crippen molar-refractivity contribution in [3.8, 4) is 0 Å². The van der Waals surface area contributed by atoms with Crippen LogP contribution in [0.15, 0.2) is 36.4 Å². The van der Waals surface area contributed by atoms with Gasteiger partial charge in [0, 0.05) is 5.02 Å². The van der Waals surface area contributed by atoms with E-state index in [4.69, 9.17) is 17.3 Å². The third kappa shape index (κ3) is 1.87. The Bertz CT molecular complexity index is 294.